The standard InChI is InChI=1S/C13H22/c1-3-10(2)12-6-4-5-7-13(12)11-8-9-11/h7,10-12H,3-6,8-9H2,1-2H3. The number of rotatable bonds is 3. The quantitative estimate of drug-likeness (QED) is 0.569. The molecule has 0 aromatic carbocycles. The first-order valence-electron chi connectivity index (χ1n) is 6.03. The molecule has 0 radical (unpaired) electrons. The zero-order chi connectivity index (χ0) is 9.26. The van der Waals surface area contributed by atoms with Crippen LogP contribution >= 0.6 is 0 Å². The summed E-state index contributed by atoms with van der Waals surface area (Å²) in [5.41, 5.74) is 1.85. The first-order chi connectivity index (χ1) is 6.33. The van der Waals surface area contributed by atoms with Crippen LogP contribution in [0.1, 0.15) is 52.4 Å². The van der Waals surface area contributed by atoms with E-state index < -0.39 is 0 Å². The molecule has 0 saturated heterocycles. The molecule has 0 spiro atoms. The Morgan fingerprint density at radius 2 is 2.15 bits per heavy atom. The molecular weight excluding hydrogens is 156 g/mol. The van der Waals surface area contributed by atoms with Crippen LogP contribution < -0.4 is 0 Å². The number of hydrogen-bond acceptors (Lipinski definition) is 0. The molecule has 0 aromatic rings. The summed E-state index contributed by atoms with van der Waals surface area (Å²) >= 11 is 0. The van der Waals surface area contributed by atoms with E-state index in [1.165, 1.54) is 38.5 Å². The fraction of sp³-hybridized carbons (Fsp3) is 0.846. The van der Waals surface area contributed by atoms with Gasteiger partial charge in [0.1, 0.15) is 0 Å². The zero-order valence-corrected chi connectivity index (χ0v) is 9.05. The largest absolute Gasteiger partial charge is 0.0848 e. The third-order valence-electron chi connectivity index (χ3n) is 3.91. The van der Waals surface area contributed by atoms with Crippen molar-refractivity contribution >= 4 is 0 Å². The molecule has 0 N–H and O–H groups in total. The highest BCUT2D eigenvalue weighted by atomic mass is 14.4. The smallest absolute Gasteiger partial charge is 0.0175 e. The maximum atomic E-state index is 2.57. The molecular formula is C13H22. The van der Waals surface area contributed by atoms with Crippen LogP contribution in [0.5, 0.6) is 0 Å². The van der Waals surface area contributed by atoms with Gasteiger partial charge in [-0.3, -0.25) is 0 Å². The van der Waals surface area contributed by atoms with Gasteiger partial charge in [0.15, 0.2) is 0 Å². The summed E-state index contributed by atoms with van der Waals surface area (Å²) in [7, 11) is 0. The summed E-state index contributed by atoms with van der Waals surface area (Å²) in [6.07, 6.45) is 11.2. The van der Waals surface area contributed by atoms with Gasteiger partial charge in [0.05, 0.1) is 0 Å². The first-order valence-corrected chi connectivity index (χ1v) is 6.03. The lowest BCUT2D eigenvalue weighted by Crippen LogP contribution is -2.17. The van der Waals surface area contributed by atoms with Crippen LogP contribution in [0.15, 0.2) is 11.6 Å². The minimum Gasteiger partial charge on any atom is -0.0848 e. The van der Waals surface area contributed by atoms with Crippen LogP contribution in [0.25, 0.3) is 0 Å². The molecule has 2 atom stereocenters. The minimum atomic E-state index is 0.923. The van der Waals surface area contributed by atoms with Crippen molar-refractivity contribution in [1.82, 2.24) is 0 Å². The van der Waals surface area contributed by atoms with Crippen LogP contribution in [-0.2, 0) is 0 Å². The Balaban J connectivity index is 2.06. The van der Waals surface area contributed by atoms with Crippen LogP contribution in [0.3, 0.4) is 0 Å². The van der Waals surface area contributed by atoms with Crippen molar-refractivity contribution in [2.45, 2.75) is 52.4 Å². The van der Waals surface area contributed by atoms with E-state index in [0.717, 1.165) is 17.8 Å². The van der Waals surface area contributed by atoms with Gasteiger partial charge in [-0.1, -0.05) is 31.9 Å². The lowest BCUT2D eigenvalue weighted by atomic mass is 9.76. The predicted octanol–water partition coefficient (Wildman–Crippen LogP) is 4.17. The molecule has 0 aromatic heterocycles. The van der Waals surface area contributed by atoms with E-state index in [0.29, 0.717) is 0 Å². The van der Waals surface area contributed by atoms with Gasteiger partial charge in [-0.2, -0.15) is 0 Å². The maximum absolute atomic E-state index is 2.57. The topological polar surface area (TPSA) is 0 Å². The van der Waals surface area contributed by atoms with Gasteiger partial charge < -0.3 is 0 Å². The van der Waals surface area contributed by atoms with Crippen LogP contribution in [-0.4, -0.2) is 0 Å². The lowest BCUT2D eigenvalue weighted by Gasteiger charge is -2.29. The fourth-order valence-electron chi connectivity index (χ4n) is 2.71. The molecule has 74 valence electrons. The van der Waals surface area contributed by atoms with Crippen molar-refractivity contribution in [3.63, 3.8) is 0 Å². The summed E-state index contributed by atoms with van der Waals surface area (Å²) in [5.74, 6) is 2.89. The Bertz CT molecular complexity index is 198. The SMILES string of the molecule is CCC(C)C1CCCC=C1C1CC1. The van der Waals surface area contributed by atoms with E-state index in [-0.39, 0.29) is 0 Å². The van der Waals surface area contributed by atoms with Crippen molar-refractivity contribution in [1.29, 1.82) is 0 Å². The normalized spacial score (nSPS) is 31.2. The van der Waals surface area contributed by atoms with Gasteiger partial charge in [0.2, 0.25) is 0 Å². The van der Waals surface area contributed by atoms with E-state index in [4.69, 9.17) is 0 Å². The molecule has 0 aliphatic heterocycles. The van der Waals surface area contributed by atoms with E-state index in [2.05, 4.69) is 19.9 Å². The molecule has 1 fully saturated rings. The van der Waals surface area contributed by atoms with Crippen molar-refractivity contribution in [2.24, 2.45) is 17.8 Å². The summed E-state index contributed by atoms with van der Waals surface area (Å²) in [6.45, 7) is 4.77. The number of allylic oxidation sites excluding steroid dienone is 2. The zero-order valence-electron chi connectivity index (χ0n) is 9.05. The Morgan fingerprint density at radius 1 is 1.38 bits per heavy atom. The third-order valence-corrected chi connectivity index (χ3v) is 3.91. The fourth-order valence-corrected chi connectivity index (χ4v) is 2.71. The maximum Gasteiger partial charge on any atom is -0.0175 e. The predicted molar refractivity (Wildman–Crippen MR) is 57.6 cm³/mol. The molecule has 0 heteroatoms. The average Bonchev–Trinajstić information content (AvgIpc) is 3.00. The highest BCUT2D eigenvalue weighted by Gasteiger charge is 2.33. The second-order valence-corrected chi connectivity index (χ2v) is 4.90. The van der Waals surface area contributed by atoms with Crippen LogP contribution in [0.2, 0.25) is 0 Å². The van der Waals surface area contributed by atoms with Gasteiger partial charge in [-0.15, -0.1) is 0 Å². The summed E-state index contributed by atoms with van der Waals surface area (Å²) in [4.78, 5) is 0. The molecule has 0 nitrogen and oxygen atoms in total. The van der Waals surface area contributed by atoms with Gasteiger partial charge in [0, 0.05) is 0 Å². The molecule has 2 unspecified atom stereocenters. The van der Waals surface area contributed by atoms with Crippen molar-refractivity contribution in [3.05, 3.63) is 11.6 Å². The second-order valence-electron chi connectivity index (χ2n) is 4.90. The second kappa shape index (κ2) is 3.86. The molecule has 2 rings (SSSR count). The molecule has 0 amide bonds. The van der Waals surface area contributed by atoms with Gasteiger partial charge in [-0.25, -0.2) is 0 Å². The monoisotopic (exact) mass is 178 g/mol. The Kier molecular flexibility index (Phi) is 2.76. The van der Waals surface area contributed by atoms with E-state index >= 15 is 0 Å². The van der Waals surface area contributed by atoms with Gasteiger partial charge >= 0.3 is 0 Å². The first kappa shape index (κ1) is 9.30. The van der Waals surface area contributed by atoms with Crippen molar-refractivity contribution in [3.8, 4) is 0 Å². The lowest BCUT2D eigenvalue weighted by molar-refractivity contribution is 0.343. The molecule has 0 heterocycles. The average molecular weight is 178 g/mol. The highest BCUT2D eigenvalue weighted by Crippen LogP contribution is 2.46. The Morgan fingerprint density at radius 3 is 2.77 bits per heavy atom. The van der Waals surface area contributed by atoms with Crippen LogP contribution in [0, 0.1) is 17.8 Å². The molecule has 2 aliphatic carbocycles. The van der Waals surface area contributed by atoms with Gasteiger partial charge in [0.25, 0.3) is 0 Å². The van der Waals surface area contributed by atoms with Crippen LogP contribution in [0.4, 0.5) is 0 Å². The van der Waals surface area contributed by atoms with Crippen molar-refractivity contribution < 1.29 is 0 Å². The van der Waals surface area contributed by atoms with E-state index in [9.17, 15) is 0 Å². The van der Waals surface area contributed by atoms with E-state index in [1.54, 1.807) is 0 Å². The third kappa shape index (κ3) is 1.98. The summed E-state index contributed by atoms with van der Waals surface area (Å²) in [5, 5.41) is 0. The molecule has 0 bridgehead atoms. The summed E-state index contributed by atoms with van der Waals surface area (Å²) < 4.78 is 0. The Hall–Kier alpha value is -0.260. The minimum absolute atomic E-state index is 0.923. The number of hydrogen-bond donors (Lipinski definition) is 0. The molecule has 2 aliphatic rings. The molecule has 13 heavy (non-hydrogen) atoms. The Labute approximate surface area is 82.4 Å². The van der Waals surface area contributed by atoms with Crippen molar-refractivity contribution in [2.75, 3.05) is 0 Å². The van der Waals surface area contributed by atoms with Gasteiger partial charge in [-0.05, 0) is 49.9 Å². The van der Waals surface area contributed by atoms with E-state index in [1.807, 2.05) is 5.57 Å². The molecule has 1 saturated carbocycles. The highest BCUT2D eigenvalue weighted by molar-refractivity contribution is 5.18. The summed E-state index contributed by atoms with van der Waals surface area (Å²) in [6, 6.07) is 0.